The molecule has 6 nitrogen and oxygen atoms in total. The first-order valence-electron chi connectivity index (χ1n) is 6.59. The number of benzene rings is 1. The van der Waals surface area contributed by atoms with Crippen molar-refractivity contribution in [2.24, 2.45) is 0 Å². The molecular weight excluding hydrogens is 288 g/mol. The maximum atomic E-state index is 11.5. The van der Waals surface area contributed by atoms with Gasteiger partial charge in [0, 0.05) is 16.9 Å². The molecule has 0 spiro atoms. The predicted molar refractivity (Wildman–Crippen MR) is 82.1 cm³/mol. The Morgan fingerprint density at radius 3 is 2.76 bits per heavy atom. The lowest BCUT2D eigenvalue weighted by molar-refractivity contribution is 0.101. The summed E-state index contributed by atoms with van der Waals surface area (Å²) in [6.45, 7) is 5.84. The number of hydrogen-bond donors (Lipinski definition) is 1. The van der Waals surface area contributed by atoms with E-state index in [1.807, 2.05) is 19.1 Å². The lowest BCUT2D eigenvalue weighted by Crippen LogP contribution is -2.11. The molecule has 112 valence electrons. The number of rotatable bonds is 6. The summed E-state index contributed by atoms with van der Waals surface area (Å²) in [5.41, 5.74) is 1.61. The van der Waals surface area contributed by atoms with E-state index in [0.717, 1.165) is 11.3 Å². The molecule has 1 aromatic heterocycles. The number of hydrogen-bond acceptors (Lipinski definition) is 6. The van der Waals surface area contributed by atoms with E-state index in [4.69, 9.17) is 10.6 Å². The monoisotopic (exact) mass is 306 g/mol. The number of nitrogens with zero attached hydrogens (tertiary/aromatic N) is 3. The van der Waals surface area contributed by atoms with E-state index in [2.05, 4.69) is 10.2 Å². The van der Waals surface area contributed by atoms with Gasteiger partial charge in [-0.1, -0.05) is 11.8 Å². The molecule has 7 heteroatoms. The smallest absolute Gasteiger partial charge is 0.210 e. The molecular formula is C14H18N4O2S. The van der Waals surface area contributed by atoms with Gasteiger partial charge in [0.25, 0.3) is 0 Å². The predicted octanol–water partition coefficient (Wildman–Crippen LogP) is 2.19. The number of aromatic nitrogens is 3. The van der Waals surface area contributed by atoms with Crippen LogP contribution in [0.15, 0.2) is 23.4 Å². The standard InChI is InChI=1S/C14H18N4O2S/c1-4-20-13-6-5-11(9(2)19)7-12(13)8-21-14-17-16-10(3)18(14)15/h5-7H,4,8,15H2,1-3H3. The molecule has 0 aliphatic rings. The van der Waals surface area contributed by atoms with Crippen molar-refractivity contribution in [1.29, 1.82) is 0 Å². The number of aryl methyl sites for hydroxylation is 1. The molecule has 2 aromatic rings. The number of ether oxygens (including phenoxy) is 1. The summed E-state index contributed by atoms with van der Waals surface area (Å²) in [5.74, 6) is 7.89. The summed E-state index contributed by atoms with van der Waals surface area (Å²) < 4.78 is 7.04. The topological polar surface area (TPSA) is 83.0 Å². The largest absolute Gasteiger partial charge is 0.494 e. The Hall–Kier alpha value is -2.02. The fourth-order valence-electron chi connectivity index (χ4n) is 1.80. The van der Waals surface area contributed by atoms with Gasteiger partial charge in [0.1, 0.15) is 11.6 Å². The van der Waals surface area contributed by atoms with Crippen LogP contribution in [0.2, 0.25) is 0 Å². The molecule has 0 aliphatic heterocycles. The highest BCUT2D eigenvalue weighted by atomic mass is 32.2. The van der Waals surface area contributed by atoms with Gasteiger partial charge in [-0.3, -0.25) is 4.79 Å². The van der Waals surface area contributed by atoms with Crippen LogP contribution in [0.5, 0.6) is 5.75 Å². The van der Waals surface area contributed by atoms with Crippen molar-refractivity contribution >= 4 is 17.5 Å². The first kappa shape index (κ1) is 15.4. The van der Waals surface area contributed by atoms with Crippen molar-refractivity contribution in [2.45, 2.75) is 31.7 Å². The highest BCUT2D eigenvalue weighted by Crippen LogP contribution is 2.28. The molecule has 0 atom stereocenters. The Bertz CT molecular complexity index is 654. The van der Waals surface area contributed by atoms with Gasteiger partial charge in [-0.05, 0) is 39.0 Å². The normalized spacial score (nSPS) is 10.6. The van der Waals surface area contributed by atoms with E-state index in [9.17, 15) is 4.79 Å². The summed E-state index contributed by atoms with van der Waals surface area (Å²) in [4.78, 5) is 11.5. The van der Waals surface area contributed by atoms with E-state index >= 15 is 0 Å². The zero-order chi connectivity index (χ0) is 15.4. The summed E-state index contributed by atoms with van der Waals surface area (Å²) in [5, 5.41) is 8.55. The SMILES string of the molecule is CCOc1ccc(C(C)=O)cc1CSc1nnc(C)n1N. The minimum Gasteiger partial charge on any atom is -0.494 e. The molecule has 0 aliphatic carbocycles. The number of carbonyl (C=O) groups is 1. The number of ketones is 1. The maximum Gasteiger partial charge on any atom is 0.210 e. The van der Waals surface area contributed by atoms with Gasteiger partial charge in [0.05, 0.1) is 6.61 Å². The molecule has 21 heavy (non-hydrogen) atoms. The molecule has 1 heterocycles. The number of carbonyl (C=O) groups excluding carboxylic acids is 1. The highest BCUT2D eigenvalue weighted by molar-refractivity contribution is 7.98. The molecule has 0 unspecified atom stereocenters. The molecule has 0 saturated heterocycles. The lowest BCUT2D eigenvalue weighted by Gasteiger charge is -2.11. The van der Waals surface area contributed by atoms with Crippen LogP contribution in [0.3, 0.4) is 0 Å². The Morgan fingerprint density at radius 2 is 2.19 bits per heavy atom. The second-order valence-corrected chi connectivity index (χ2v) is 5.44. The molecule has 0 amide bonds. The fourth-order valence-corrected chi connectivity index (χ4v) is 2.68. The zero-order valence-corrected chi connectivity index (χ0v) is 13.1. The average Bonchev–Trinajstić information content (AvgIpc) is 2.78. The highest BCUT2D eigenvalue weighted by Gasteiger charge is 2.11. The minimum absolute atomic E-state index is 0.0298. The molecule has 0 bridgehead atoms. The minimum atomic E-state index is 0.0298. The first-order chi connectivity index (χ1) is 10.0. The molecule has 0 fully saturated rings. The maximum absolute atomic E-state index is 11.5. The average molecular weight is 306 g/mol. The van der Waals surface area contributed by atoms with Gasteiger partial charge in [-0.15, -0.1) is 10.2 Å². The Balaban J connectivity index is 2.22. The third-order valence-electron chi connectivity index (χ3n) is 2.96. The number of nitrogen functional groups attached to an aromatic ring is 1. The molecule has 2 N–H and O–H groups in total. The van der Waals surface area contributed by atoms with Crippen LogP contribution in [0, 0.1) is 6.92 Å². The Labute approximate surface area is 127 Å². The van der Waals surface area contributed by atoms with Crippen molar-refractivity contribution < 1.29 is 9.53 Å². The molecule has 1 aromatic carbocycles. The van der Waals surface area contributed by atoms with Crippen LogP contribution in [0.25, 0.3) is 0 Å². The van der Waals surface area contributed by atoms with Crippen molar-refractivity contribution in [1.82, 2.24) is 14.9 Å². The van der Waals surface area contributed by atoms with Gasteiger partial charge in [0.2, 0.25) is 5.16 Å². The molecule has 0 radical (unpaired) electrons. The number of thioether (sulfide) groups is 1. The van der Waals surface area contributed by atoms with Crippen molar-refractivity contribution in [3.8, 4) is 5.75 Å². The van der Waals surface area contributed by atoms with Gasteiger partial charge < -0.3 is 10.6 Å². The second-order valence-electron chi connectivity index (χ2n) is 4.50. The third kappa shape index (κ3) is 3.55. The van der Waals surface area contributed by atoms with Crippen LogP contribution in [-0.2, 0) is 5.75 Å². The van der Waals surface area contributed by atoms with Gasteiger partial charge in [0.15, 0.2) is 5.78 Å². The summed E-state index contributed by atoms with van der Waals surface area (Å²) in [6, 6.07) is 5.45. The van der Waals surface area contributed by atoms with E-state index in [1.165, 1.54) is 16.4 Å². The summed E-state index contributed by atoms with van der Waals surface area (Å²) in [7, 11) is 0. The number of Topliss-reactive ketones (excluding diaryl/α,β-unsaturated/α-hetero) is 1. The second kappa shape index (κ2) is 6.62. The quantitative estimate of drug-likeness (QED) is 0.500. The molecule has 2 rings (SSSR count). The Morgan fingerprint density at radius 1 is 1.43 bits per heavy atom. The van der Waals surface area contributed by atoms with Crippen LogP contribution in [0.1, 0.15) is 35.6 Å². The van der Waals surface area contributed by atoms with Gasteiger partial charge in [-0.25, -0.2) is 4.68 Å². The fraction of sp³-hybridized carbons (Fsp3) is 0.357. The summed E-state index contributed by atoms with van der Waals surface area (Å²) >= 11 is 1.45. The van der Waals surface area contributed by atoms with Gasteiger partial charge >= 0.3 is 0 Å². The van der Waals surface area contributed by atoms with Gasteiger partial charge in [-0.2, -0.15) is 0 Å². The Kier molecular flexibility index (Phi) is 4.85. The summed E-state index contributed by atoms with van der Waals surface area (Å²) in [6.07, 6.45) is 0. The van der Waals surface area contributed by atoms with Crippen LogP contribution in [-0.4, -0.2) is 27.3 Å². The van der Waals surface area contributed by atoms with E-state index in [-0.39, 0.29) is 5.78 Å². The van der Waals surface area contributed by atoms with E-state index in [0.29, 0.717) is 28.9 Å². The van der Waals surface area contributed by atoms with Crippen LogP contribution in [0.4, 0.5) is 0 Å². The first-order valence-corrected chi connectivity index (χ1v) is 7.58. The lowest BCUT2D eigenvalue weighted by atomic mass is 10.1. The van der Waals surface area contributed by atoms with Crippen molar-refractivity contribution in [3.05, 3.63) is 35.2 Å². The van der Waals surface area contributed by atoms with E-state index < -0.39 is 0 Å². The number of nitrogens with two attached hydrogens (primary N) is 1. The van der Waals surface area contributed by atoms with Crippen LogP contribution < -0.4 is 10.6 Å². The zero-order valence-electron chi connectivity index (χ0n) is 12.3. The molecule has 0 saturated carbocycles. The van der Waals surface area contributed by atoms with E-state index in [1.54, 1.807) is 19.9 Å². The van der Waals surface area contributed by atoms with Crippen molar-refractivity contribution in [3.63, 3.8) is 0 Å². The third-order valence-corrected chi connectivity index (χ3v) is 3.95. The van der Waals surface area contributed by atoms with Crippen molar-refractivity contribution in [2.75, 3.05) is 12.4 Å². The van der Waals surface area contributed by atoms with Crippen LogP contribution >= 0.6 is 11.8 Å².